The van der Waals surface area contributed by atoms with E-state index in [1.54, 1.807) is 11.3 Å². The lowest BCUT2D eigenvalue weighted by molar-refractivity contribution is -0.206. The minimum Gasteiger partial charge on any atom is -0.379 e. The van der Waals surface area contributed by atoms with E-state index in [-0.39, 0.29) is 5.56 Å². The van der Waals surface area contributed by atoms with Gasteiger partial charge >= 0.3 is 6.18 Å². The van der Waals surface area contributed by atoms with Crippen LogP contribution < -0.4 is 0 Å². The van der Waals surface area contributed by atoms with E-state index in [4.69, 9.17) is 11.6 Å². The third-order valence-electron chi connectivity index (χ3n) is 4.60. The van der Waals surface area contributed by atoms with E-state index in [0.717, 1.165) is 26.1 Å². The molecular weight excluding hydrogens is 419 g/mol. The first kappa shape index (κ1) is 19.9. The summed E-state index contributed by atoms with van der Waals surface area (Å²) in [5, 5.41) is 11.3. The van der Waals surface area contributed by atoms with Crippen molar-refractivity contribution in [2.45, 2.75) is 18.7 Å². The molecule has 7 heteroatoms. The van der Waals surface area contributed by atoms with Crippen LogP contribution >= 0.6 is 22.9 Å². The van der Waals surface area contributed by atoms with Gasteiger partial charge in [-0.05, 0) is 40.8 Å². The Morgan fingerprint density at radius 3 is 2.59 bits per heavy atom. The Morgan fingerprint density at radius 2 is 1.83 bits per heavy atom. The quantitative estimate of drug-likeness (QED) is 0.383. The van der Waals surface area contributed by atoms with Crippen LogP contribution in [0.5, 0.6) is 0 Å². The van der Waals surface area contributed by atoms with Crippen molar-refractivity contribution in [3.8, 4) is 11.3 Å². The van der Waals surface area contributed by atoms with E-state index in [0.29, 0.717) is 17.1 Å². The van der Waals surface area contributed by atoms with Gasteiger partial charge in [-0.1, -0.05) is 48.0 Å². The Kier molecular flexibility index (Phi) is 5.34. The van der Waals surface area contributed by atoms with Gasteiger partial charge in [0.2, 0.25) is 0 Å². The summed E-state index contributed by atoms with van der Waals surface area (Å²) in [5.74, 6) is 0. The van der Waals surface area contributed by atoms with Gasteiger partial charge in [0, 0.05) is 32.8 Å². The number of hydrogen-bond donors (Lipinski definition) is 1. The standard InChI is InChI=1S/C22H15ClF3NOS/c23-18-7-2-1-4-13(18)10-16-11-14-5-3-6-17(20(14)29-16)19-12-15(8-9-27-19)21(28)22(24,25)26/h1-9,11-12,21,28H,10H2. The molecule has 1 atom stereocenters. The summed E-state index contributed by atoms with van der Waals surface area (Å²) in [6, 6.07) is 17.8. The van der Waals surface area contributed by atoms with E-state index in [9.17, 15) is 18.3 Å². The molecule has 0 saturated heterocycles. The average Bonchev–Trinajstić information content (AvgIpc) is 3.11. The van der Waals surface area contributed by atoms with Gasteiger partial charge in [-0.25, -0.2) is 0 Å². The zero-order valence-corrected chi connectivity index (χ0v) is 16.5. The molecule has 1 N–H and O–H groups in total. The molecule has 0 aliphatic carbocycles. The molecule has 148 valence electrons. The van der Waals surface area contributed by atoms with Crippen molar-refractivity contribution >= 4 is 33.0 Å². The number of nitrogens with zero attached hydrogens (tertiary/aromatic N) is 1. The normalized spacial score (nSPS) is 13.0. The minimum absolute atomic E-state index is 0.229. The number of pyridine rings is 1. The fourth-order valence-electron chi connectivity index (χ4n) is 3.19. The van der Waals surface area contributed by atoms with Crippen LogP contribution in [0, 0.1) is 0 Å². The van der Waals surface area contributed by atoms with Crippen molar-refractivity contribution in [3.05, 3.63) is 87.9 Å². The van der Waals surface area contributed by atoms with Crippen LogP contribution in [0.1, 0.15) is 22.1 Å². The number of hydrogen-bond acceptors (Lipinski definition) is 3. The third kappa shape index (κ3) is 4.15. The molecule has 4 rings (SSSR count). The highest BCUT2D eigenvalue weighted by atomic mass is 35.5. The Labute approximate surface area is 174 Å². The summed E-state index contributed by atoms with van der Waals surface area (Å²) < 4.78 is 39.6. The van der Waals surface area contributed by atoms with Crippen LogP contribution in [0.3, 0.4) is 0 Å². The van der Waals surface area contributed by atoms with Gasteiger partial charge in [-0.2, -0.15) is 13.2 Å². The number of rotatable bonds is 4. The van der Waals surface area contributed by atoms with Crippen molar-refractivity contribution in [2.24, 2.45) is 0 Å². The van der Waals surface area contributed by atoms with Crippen LogP contribution in [-0.4, -0.2) is 16.3 Å². The van der Waals surface area contributed by atoms with E-state index < -0.39 is 12.3 Å². The minimum atomic E-state index is -4.73. The second-order valence-electron chi connectivity index (χ2n) is 6.62. The van der Waals surface area contributed by atoms with Crippen LogP contribution in [-0.2, 0) is 6.42 Å². The molecule has 0 amide bonds. The number of alkyl halides is 3. The average molecular weight is 434 g/mol. The topological polar surface area (TPSA) is 33.1 Å². The molecule has 4 aromatic rings. The summed E-state index contributed by atoms with van der Waals surface area (Å²) in [7, 11) is 0. The van der Waals surface area contributed by atoms with E-state index in [2.05, 4.69) is 11.1 Å². The monoisotopic (exact) mass is 433 g/mol. The largest absolute Gasteiger partial charge is 0.418 e. The predicted molar refractivity (Wildman–Crippen MR) is 110 cm³/mol. The van der Waals surface area contributed by atoms with Gasteiger partial charge in [0.15, 0.2) is 6.10 Å². The fraction of sp³-hybridized carbons (Fsp3) is 0.136. The maximum absolute atomic E-state index is 12.9. The van der Waals surface area contributed by atoms with Crippen LogP contribution in [0.4, 0.5) is 13.2 Å². The molecule has 0 aliphatic heterocycles. The number of thiophene rings is 1. The number of aliphatic hydroxyl groups excluding tert-OH is 1. The number of fused-ring (bicyclic) bond motifs is 1. The van der Waals surface area contributed by atoms with Crippen LogP contribution in [0.2, 0.25) is 5.02 Å². The lowest BCUT2D eigenvalue weighted by Gasteiger charge is -2.15. The molecule has 2 nitrogen and oxygen atoms in total. The van der Waals surface area contributed by atoms with Crippen molar-refractivity contribution in [1.29, 1.82) is 0 Å². The lowest BCUT2D eigenvalue weighted by Crippen LogP contribution is -2.20. The Morgan fingerprint density at radius 1 is 1.03 bits per heavy atom. The van der Waals surface area contributed by atoms with Gasteiger partial charge in [0.05, 0.1) is 5.69 Å². The van der Waals surface area contributed by atoms with Crippen molar-refractivity contribution < 1.29 is 18.3 Å². The molecule has 0 spiro atoms. The van der Waals surface area contributed by atoms with E-state index in [1.165, 1.54) is 18.3 Å². The van der Waals surface area contributed by atoms with E-state index in [1.807, 2.05) is 42.5 Å². The molecule has 0 aliphatic rings. The lowest BCUT2D eigenvalue weighted by atomic mass is 10.0. The van der Waals surface area contributed by atoms with Crippen molar-refractivity contribution in [2.75, 3.05) is 0 Å². The molecule has 1 unspecified atom stereocenters. The summed E-state index contributed by atoms with van der Waals surface area (Å²) in [6.07, 6.45) is -5.31. The van der Waals surface area contributed by atoms with Crippen molar-refractivity contribution in [1.82, 2.24) is 4.98 Å². The smallest absolute Gasteiger partial charge is 0.379 e. The first-order valence-corrected chi connectivity index (χ1v) is 9.98. The van der Waals surface area contributed by atoms with Crippen molar-refractivity contribution in [3.63, 3.8) is 0 Å². The molecule has 29 heavy (non-hydrogen) atoms. The predicted octanol–water partition coefficient (Wildman–Crippen LogP) is 6.80. The highest BCUT2D eigenvalue weighted by Gasteiger charge is 2.39. The van der Waals surface area contributed by atoms with E-state index >= 15 is 0 Å². The Balaban J connectivity index is 1.74. The first-order chi connectivity index (χ1) is 13.8. The highest BCUT2D eigenvalue weighted by Crippen LogP contribution is 2.38. The zero-order valence-electron chi connectivity index (χ0n) is 14.9. The molecular formula is C22H15ClF3NOS. The number of aliphatic hydroxyl groups is 1. The number of aromatic nitrogens is 1. The summed E-state index contributed by atoms with van der Waals surface area (Å²) >= 11 is 7.82. The Hall–Kier alpha value is -2.41. The fourth-order valence-corrected chi connectivity index (χ4v) is 4.59. The molecule has 2 heterocycles. The second kappa shape index (κ2) is 7.78. The maximum Gasteiger partial charge on any atom is 0.418 e. The molecule has 0 fully saturated rings. The molecule has 0 radical (unpaired) electrons. The van der Waals surface area contributed by atoms with Crippen LogP contribution in [0.25, 0.3) is 21.3 Å². The second-order valence-corrected chi connectivity index (χ2v) is 8.17. The first-order valence-electron chi connectivity index (χ1n) is 8.79. The van der Waals surface area contributed by atoms with Gasteiger partial charge < -0.3 is 5.11 Å². The highest BCUT2D eigenvalue weighted by molar-refractivity contribution is 7.19. The summed E-state index contributed by atoms with van der Waals surface area (Å²) in [5.41, 5.74) is 1.90. The van der Waals surface area contributed by atoms with Gasteiger partial charge in [-0.15, -0.1) is 11.3 Å². The Bertz CT molecular complexity index is 1170. The van der Waals surface area contributed by atoms with Gasteiger partial charge in [0.25, 0.3) is 0 Å². The molecule has 0 bridgehead atoms. The summed E-state index contributed by atoms with van der Waals surface area (Å²) in [4.78, 5) is 5.33. The SMILES string of the molecule is OC(c1ccnc(-c2cccc3cc(Cc4ccccc4Cl)sc23)c1)C(F)(F)F. The molecule has 2 aromatic carbocycles. The number of benzene rings is 2. The molecule has 0 saturated carbocycles. The number of halogens is 4. The van der Waals surface area contributed by atoms with Gasteiger partial charge in [0.1, 0.15) is 0 Å². The zero-order chi connectivity index (χ0) is 20.6. The third-order valence-corrected chi connectivity index (χ3v) is 6.16. The molecule has 2 aromatic heterocycles. The van der Waals surface area contributed by atoms with Crippen LogP contribution in [0.15, 0.2) is 66.9 Å². The summed E-state index contributed by atoms with van der Waals surface area (Å²) in [6.45, 7) is 0. The maximum atomic E-state index is 12.9. The van der Waals surface area contributed by atoms with Gasteiger partial charge in [-0.3, -0.25) is 4.98 Å².